The van der Waals surface area contributed by atoms with Crippen LogP contribution in [0.2, 0.25) is 0 Å². The highest BCUT2D eigenvalue weighted by molar-refractivity contribution is 5.72. The summed E-state index contributed by atoms with van der Waals surface area (Å²) in [6.07, 6.45) is 5.66. The van der Waals surface area contributed by atoms with E-state index in [9.17, 15) is 14.7 Å². The Hall–Kier alpha value is -3.95. The Morgan fingerprint density at radius 3 is 2.52 bits per heavy atom. The minimum atomic E-state index is -0.568. The molecule has 0 spiro atoms. The van der Waals surface area contributed by atoms with Crippen LogP contribution in [-0.2, 0) is 20.1 Å². The molecule has 3 aromatic rings. The summed E-state index contributed by atoms with van der Waals surface area (Å²) in [5, 5.41) is 9.18. The van der Waals surface area contributed by atoms with Crippen molar-refractivity contribution in [2.45, 2.75) is 19.5 Å². The maximum absolute atomic E-state index is 12.9. The second-order valence-electron chi connectivity index (χ2n) is 6.59. The second-order valence-corrected chi connectivity index (χ2v) is 6.59. The molecule has 3 rings (SSSR count). The molecule has 1 N–H and O–H groups in total. The van der Waals surface area contributed by atoms with Crippen LogP contribution < -0.4 is 20.7 Å². The molecule has 160 valence electrons. The number of hydrogen-bond acceptors (Lipinski definition) is 6. The molecule has 0 bridgehead atoms. The van der Waals surface area contributed by atoms with Gasteiger partial charge >= 0.3 is 5.69 Å². The quantitative estimate of drug-likeness (QED) is 0.575. The van der Waals surface area contributed by atoms with Gasteiger partial charge < -0.3 is 19.1 Å². The number of methoxy groups -OCH3 is 2. The number of aliphatic hydroxyl groups is 1. The van der Waals surface area contributed by atoms with Gasteiger partial charge in [-0.2, -0.15) is 0 Å². The van der Waals surface area contributed by atoms with Crippen LogP contribution >= 0.6 is 0 Å². The lowest BCUT2D eigenvalue weighted by molar-refractivity contribution is 0.279. The number of fused-ring (bicyclic) bond motifs is 1. The van der Waals surface area contributed by atoms with E-state index in [1.807, 2.05) is 0 Å². The summed E-state index contributed by atoms with van der Waals surface area (Å²) < 4.78 is 14.4. The van der Waals surface area contributed by atoms with Crippen molar-refractivity contribution in [3.05, 3.63) is 50.4 Å². The molecule has 0 aliphatic heterocycles. The first-order chi connectivity index (χ1) is 15.0. The molecule has 0 saturated heterocycles. The van der Waals surface area contributed by atoms with E-state index in [1.165, 1.54) is 16.2 Å². The molecule has 2 aromatic heterocycles. The second kappa shape index (κ2) is 9.24. The van der Waals surface area contributed by atoms with Crippen LogP contribution in [0.1, 0.15) is 17.8 Å². The van der Waals surface area contributed by atoms with Gasteiger partial charge in [-0.25, -0.2) is 14.3 Å². The smallest absolute Gasteiger partial charge is 0.333 e. The number of ether oxygens (including phenoxy) is 2. The summed E-state index contributed by atoms with van der Waals surface area (Å²) in [5.74, 6) is 9.68. The minimum absolute atomic E-state index is 0.110. The Kier molecular flexibility index (Phi) is 6.49. The Morgan fingerprint density at radius 1 is 1.13 bits per heavy atom. The molecule has 0 radical (unpaired) electrons. The van der Waals surface area contributed by atoms with Crippen LogP contribution in [0.3, 0.4) is 0 Å². The van der Waals surface area contributed by atoms with Crippen molar-refractivity contribution in [3.8, 4) is 35.7 Å². The topological polar surface area (TPSA) is 101 Å². The molecule has 0 aliphatic rings. The number of imidazole rings is 1. The highest BCUT2D eigenvalue weighted by atomic mass is 16.5. The maximum atomic E-state index is 12.9. The van der Waals surface area contributed by atoms with E-state index < -0.39 is 11.2 Å². The van der Waals surface area contributed by atoms with E-state index in [-0.39, 0.29) is 30.9 Å². The Morgan fingerprint density at radius 2 is 1.87 bits per heavy atom. The Labute approximate surface area is 178 Å². The van der Waals surface area contributed by atoms with Gasteiger partial charge in [0.15, 0.2) is 28.5 Å². The molecule has 0 amide bonds. The average molecular weight is 422 g/mol. The molecular weight excluding hydrogens is 400 g/mol. The van der Waals surface area contributed by atoms with Gasteiger partial charge in [0, 0.05) is 25.8 Å². The molecule has 0 saturated carbocycles. The predicted octanol–water partition coefficient (Wildman–Crippen LogP) is 0.329. The highest BCUT2D eigenvalue weighted by Gasteiger charge is 2.19. The van der Waals surface area contributed by atoms with Crippen LogP contribution in [0.5, 0.6) is 11.5 Å². The zero-order valence-corrected chi connectivity index (χ0v) is 17.5. The van der Waals surface area contributed by atoms with Gasteiger partial charge in [-0.3, -0.25) is 9.36 Å². The van der Waals surface area contributed by atoms with Crippen LogP contribution in [0.4, 0.5) is 0 Å². The minimum Gasteiger partial charge on any atom is -0.493 e. The lowest BCUT2D eigenvalue weighted by atomic mass is 10.2. The van der Waals surface area contributed by atoms with Gasteiger partial charge in [-0.1, -0.05) is 11.8 Å². The number of aryl methyl sites for hydroxylation is 2. The summed E-state index contributed by atoms with van der Waals surface area (Å²) in [5.41, 5.74) is -0.0267. The van der Waals surface area contributed by atoms with Crippen LogP contribution in [-0.4, -0.2) is 44.6 Å². The van der Waals surface area contributed by atoms with Crippen LogP contribution in [0.25, 0.3) is 11.2 Å². The fraction of sp³-hybridized carbons (Fsp3) is 0.318. The normalized spacial score (nSPS) is 10.4. The number of aromatic nitrogens is 4. The van der Waals surface area contributed by atoms with Crippen molar-refractivity contribution < 1.29 is 14.6 Å². The molecule has 31 heavy (non-hydrogen) atoms. The van der Waals surface area contributed by atoms with Gasteiger partial charge in [0.2, 0.25) is 0 Å². The summed E-state index contributed by atoms with van der Waals surface area (Å²) in [6.45, 7) is -0.0815. The molecule has 1 aromatic carbocycles. The lowest BCUT2D eigenvalue weighted by Gasteiger charge is -2.09. The number of nitrogens with zero attached hydrogens (tertiary/aromatic N) is 4. The number of hydrogen-bond donors (Lipinski definition) is 1. The zero-order chi connectivity index (χ0) is 22.5. The third kappa shape index (κ3) is 4.04. The summed E-state index contributed by atoms with van der Waals surface area (Å²) in [7, 11) is 4.73. The molecule has 9 nitrogen and oxygen atoms in total. The van der Waals surface area contributed by atoms with Gasteiger partial charge in [-0.15, -0.1) is 6.42 Å². The van der Waals surface area contributed by atoms with Crippen LogP contribution in [0, 0.1) is 24.2 Å². The van der Waals surface area contributed by atoms with Crippen molar-refractivity contribution >= 4 is 11.2 Å². The van der Waals surface area contributed by atoms with E-state index in [4.69, 9.17) is 15.9 Å². The standard InChI is InChI=1S/C22H22N4O5/c1-5-11-26-21(28)19-20(25(22(26)29)12-6-13-27)23-18(24(19)2)10-8-15-7-9-16(30-3)17(14-15)31-4/h1,7,9,14,27H,6,11-13H2,2-4H3. The van der Waals surface area contributed by atoms with Crippen molar-refractivity contribution in [1.29, 1.82) is 0 Å². The SMILES string of the molecule is C#CCn1c(=O)c2c(nc(C#Cc3ccc(OC)c(OC)c3)n2C)n(CCCO)c1=O. The van der Waals surface area contributed by atoms with Crippen molar-refractivity contribution in [2.75, 3.05) is 20.8 Å². The van der Waals surface area contributed by atoms with E-state index >= 15 is 0 Å². The maximum Gasteiger partial charge on any atom is 0.333 e. The fourth-order valence-electron chi connectivity index (χ4n) is 3.18. The summed E-state index contributed by atoms with van der Waals surface area (Å²) >= 11 is 0. The molecule has 2 heterocycles. The highest BCUT2D eigenvalue weighted by Crippen LogP contribution is 2.27. The van der Waals surface area contributed by atoms with Gasteiger partial charge in [0.05, 0.1) is 20.8 Å². The number of rotatable bonds is 6. The van der Waals surface area contributed by atoms with Crippen molar-refractivity contribution in [2.24, 2.45) is 7.05 Å². The molecule has 0 fully saturated rings. The van der Waals surface area contributed by atoms with E-state index in [2.05, 4.69) is 22.7 Å². The third-order valence-corrected chi connectivity index (χ3v) is 4.73. The lowest BCUT2D eigenvalue weighted by Crippen LogP contribution is -2.40. The average Bonchev–Trinajstić information content (AvgIpc) is 3.11. The van der Waals surface area contributed by atoms with Crippen LogP contribution in [0.15, 0.2) is 27.8 Å². The number of aliphatic hydroxyl groups excluding tert-OH is 1. The van der Waals surface area contributed by atoms with Crippen molar-refractivity contribution in [1.82, 2.24) is 18.7 Å². The first-order valence-electron chi connectivity index (χ1n) is 9.45. The predicted molar refractivity (Wildman–Crippen MR) is 115 cm³/mol. The number of benzene rings is 1. The van der Waals surface area contributed by atoms with Gasteiger partial charge in [0.1, 0.15) is 0 Å². The van der Waals surface area contributed by atoms with E-state index in [0.29, 0.717) is 29.3 Å². The van der Waals surface area contributed by atoms with Crippen molar-refractivity contribution in [3.63, 3.8) is 0 Å². The zero-order valence-electron chi connectivity index (χ0n) is 17.5. The Balaban J connectivity index is 2.19. The first kappa shape index (κ1) is 21.8. The molecular formula is C22H22N4O5. The summed E-state index contributed by atoms with van der Waals surface area (Å²) in [6, 6.07) is 5.24. The first-order valence-corrected chi connectivity index (χ1v) is 9.45. The summed E-state index contributed by atoms with van der Waals surface area (Å²) in [4.78, 5) is 30.1. The molecule has 9 heteroatoms. The third-order valence-electron chi connectivity index (χ3n) is 4.73. The van der Waals surface area contributed by atoms with E-state index in [1.54, 1.807) is 32.4 Å². The van der Waals surface area contributed by atoms with E-state index in [0.717, 1.165) is 4.57 Å². The molecule has 0 atom stereocenters. The largest absolute Gasteiger partial charge is 0.493 e. The van der Waals surface area contributed by atoms with Gasteiger partial charge in [0.25, 0.3) is 5.56 Å². The fourth-order valence-corrected chi connectivity index (χ4v) is 3.18. The Bertz CT molecular complexity index is 1350. The number of terminal acetylenes is 1. The van der Waals surface area contributed by atoms with Gasteiger partial charge in [-0.05, 0) is 30.5 Å². The molecule has 0 aliphatic carbocycles. The molecule has 0 unspecified atom stereocenters. The monoisotopic (exact) mass is 422 g/mol.